The lowest BCUT2D eigenvalue weighted by atomic mass is 10.3. The third-order valence-corrected chi connectivity index (χ3v) is 4.81. The first-order valence-electron chi connectivity index (χ1n) is 7.24. The van der Waals surface area contributed by atoms with E-state index in [9.17, 15) is 0 Å². The van der Waals surface area contributed by atoms with Crippen LogP contribution in [0.25, 0.3) is 11.2 Å². The lowest BCUT2D eigenvalue weighted by Gasteiger charge is -2.08. The van der Waals surface area contributed by atoms with Gasteiger partial charge in [-0.25, -0.2) is 4.98 Å². The molecule has 0 aliphatic carbocycles. The molecule has 4 nitrogen and oxygen atoms in total. The van der Waals surface area contributed by atoms with Gasteiger partial charge < -0.3 is 4.57 Å². The van der Waals surface area contributed by atoms with Gasteiger partial charge >= 0.3 is 0 Å². The molecule has 0 atom stereocenters. The van der Waals surface area contributed by atoms with Crippen molar-refractivity contribution in [2.24, 2.45) is 7.05 Å². The van der Waals surface area contributed by atoms with Crippen molar-refractivity contribution in [1.29, 1.82) is 0 Å². The average molecular weight is 323 g/mol. The SMILES string of the molecule is CCc1nn(C)c2c1nc(CCCl)n2CCc1cccs1. The number of fused-ring (bicyclic) bond motifs is 1. The van der Waals surface area contributed by atoms with Crippen LogP contribution >= 0.6 is 22.9 Å². The molecule has 0 N–H and O–H groups in total. The van der Waals surface area contributed by atoms with Gasteiger partial charge in [0.1, 0.15) is 11.3 Å². The average Bonchev–Trinajstić information content (AvgIpc) is 3.16. The summed E-state index contributed by atoms with van der Waals surface area (Å²) in [6, 6.07) is 4.28. The second-order valence-corrected chi connectivity index (χ2v) is 6.45. The van der Waals surface area contributed by atoms with Gasteiger partial charge in [0.25, 0.3) is 0 Å². The zero-order chi connectivity index (χ0) is 14.8. The van der Waals surface area contributed by atoms with Gasteiger partial charge in [-0.3, -0.25) is 4.68 Å². The van der Waals surface area contributed by atoms with Gasteiger partial charge in [0, 0.05) is 30.8 Å². The highest BCUT2D eigenvalue weighted by Gasteiger charge is 2.18. The molecule has 0 bridgehead atoms. The van der Waals surface area contributed by atoms with Crippen LogP contribution in [0.4, 0.5) is 0 Å². The van der Waals surface area contributed by atoms with Crippen molar-refractivity contribution in [2.75, 3.05) is 5.88 Å². The van der Waals surface area contributed by atoms with Gasteiger partial charge in [0.2, 0.25) is 0 Å². The number of hydrogen-bond acceptors (Lipinski definition) is 3. The molecule has 3 aromatic heterocycles. The summed E-state index contributed by atoms with van der Waals surface area (Å²) < 4.78 is 4.23. The molecule has 0 spiro atoms. The van der Waals surface area contributed by atoms with E-state index in [1.54, 1.807) is 11.3 Å². The fourth-order valence-electron chi connectivity index (χ4n) is 2.71. The molecule has 3 aromatic rings. The summed E-state index contributed by atoms with van der Waals surface area (Å²) in [6.07, 6.45) is 2.72. The highest BCUT2D eigenvalue weighted by molar-refractivity contribution is 7.09. The minimum absolute atomic E-state index is 0.594. The van der Waals surface area contributed by atoms with E-state index in [0.29, 0.717) is 5.88 Å². The predicted octanol–water partition coefficient (Wildman–Crippen LogP) is 3.42. The van der Waals surface area contributed by atoms with Crippen LogP contribution in [0.15, 0.2) is 17.5 Å². The normalized spacial score (nSPS) is 11.6. The molecule has 21 heavy (non-hydrogen) atoms. The Morgan fingerprint density at radius 2 is 2.19 bits per heavy atom. The quantitative estimate of drug-likeness (QED) is 0.652. The molecule has 6 heteroatoms. The largest absolute Gasteiger partial charge is 0.313 e. The summed E-state index contributed by atoms with van der Waals surface area (Å²) in [4.78, 5) is 6.19. The molecular formula is C15H19ClN4S. The second kappa shape index (κ2) is 6.20. The van der Waals surface area contributed by atoms with Crippen molar-refractivity contribution >= 4 is 34.1 Å². The number of aryl methyl sites for hydroxylation is 5. The number of thiophene rings is 1. The van der Waals surface area contributed by atoms with E-state index in [1.807, 2.05) is 11.7 Å². The van der Waals surface area contributed by atoms with E-state index in [0.717, 1.165) is 48.5 Å². The van der Waals surface area contributed by atoms with Crippen molar-refractivity contribution in [3.63, 3.8) is 0 Å². The first kappa shape index (κ1) is 14.6. The number of halogens is 1. The summed E-state index contributed by atoms with van der Waals surface area (Å²) in [6.45, 7) is 3.04. The number of alkyl halides is 1. The molecular weight excluding hydrogens is 304 g/mol. The number of nitrogens with zero attached hydrogens (tertiary/aromatic N) is 4. The molecule has 0 saturated heterocycles. The number of hydrogen-bond donors (Lipinski definition) is 0. The Labute approximate surface area is 133 Å². The van der Waals surface area contributed by atoms with Gasteiger partial charge in [0.15, 0.2) is 5.65 Å². The Morgan fingerprint density at radius 1 is 1.33 bits per heavy atom. The van der Waals surface area contributed by atoms with Gasteiger partial charge in [-0.2, -0.15) is 5.10 Å². The molecule has 112 valence electrons. The zero-order valence-electron chi connectivity index (χ0n) is 12.3. The summed E-state index contributed by atoms with van der Waals surface area (Å²) >= 11 is 7.74. The molecule has 0 aromatic carbocycles. The molecule has 0 amide bonds. The minimum atomic E-state index is 0.594. The Bertz CT molecular complexity index is 727. The number of rotatable bonds is 6. The van der Waals surface area contributed by atoms with Crippen LogP contribution in [-0.4, -0.2) is 25.2 Å². The van der Waals surface area contributed by atoms with Crippen molar-refractivity contribution < 1.29 is 0 Å². The topological polar surface area (TPSA) is 35.6 Å². The number of imidazole rings is 1. The summed E-state index contributed by atoms with van der Waals surface area (Å²) in [5.41, 5.74) is 3.22. The van der Waals surface area contributed by atoms with Crippen molar-refractivity contribution in [3.8, 4) is 0 Å². The Morgan fingerprint density at radius 3 is 2.86 bits per heavy atom. The first-order valence-corrected chi connectivity index (χ1v) is 8.65. The van der Waals surface area contributed by atoms with Crippen LogP contribution in [-0.2, 0) is 32.9 Å². The van der Waals surface area contributed by atoms with E-state index in [2.05, 4.69) is 34.1 Å². The van der Waals surface area contributed by atoms with Gasteiger partial charge in [-0.1, -0.05) is 13.0 Å². The lowest BCUT2D eigenvalue weighted by molar-refractivity contribution is 0.643. The summed E-state index contributed by atoms with van der Waals surface area (Å²) in [7, 11) is 2.00. The van der Waals surface area contributed by atoms with Gasteiger partial charge in [-0.15, -0.1) is 22.9 Å². The number of aromatic nitrogens is 4. The molecule has 3 heterocycles. The zero-order valence-corrected chi connectivity index (χ0v) is 13.9. The van der Waals surface area contributed by atoms with Crippen LogP contribution in [0.3, 0.4) is 0 Å². The smallest absolute Gasteiger partial charge is 0.158 e. The molecule has 0 fully saturated rings. The van der Waals surface area contributed by atoms with Crippen molar-refractivity contribution in [1.82, 2.24) is 19.3 Å². The fourth-order valence-corrected chi connectivity index (χ4v) is 3.58. The minimum Gasteiger partial charge on any atom is -0.313 e. The Kier molecular flexibility index (Phi) is 4.31. The van der Waals surface area contributed by atoms with Crippen LogP contribution in [0.2, 0.25) is 0 Å². The fraction of sp³-hybridized carbons (Fsp3) is 0.467. The van der Waals surface area contributed by atoms with E-state index in [4.69, 9.17) is 16.6 Å². The van der Waals surface area contributed by atoms with Gasteiger partial charge in [0.05, 0.1) is 5.69 Å². The maximum atomic E-state index is 5.94. The molecule has 0 saturated carbocycles. The molecule has 0 radical (unpaired) electrons. The third kappa shape index (κ3) is 2.72. The standard InChI is InChI=1S/C15H19ClN4S/c1-3-12-14-15(19(2)18-12)20(13(17-14)6-8-16)9-7-11-5-4-10-21-11/h4-5,10H,3,6-9H2,1-2H3. The molecule has 0 aliphatic heterocycles. The van der Waals surface area contributed by atoms with E-state index < -0.39 is 0 Å². The van der Waals surface area contributed by atoms with Crippen LogP contribution in [0.5, 0.6) is 0 Å². The van der Waals surface area contributed by atoms with E-state index in [-0.39, 0.29) is 0 Å². The monoisotopic (exact) mass is 322 g/mol. The van der Waals surface area contributed by atoms with Crippen molar-refractivity contribution in [2.45, 2.75) is 32.7 Å². The summed E-state index contributed by atoms with van der Waals surface area (Å²) in [5, 5.41) is 6.70. The lowest BCUT2D eigenvalue weighted by Crippen LogP contribution is -2.09. The van der Waals surface area contributed by atoms with E-state index in [1.165, 1.54) is 4.88 Å². The first-order chi connectivity index (χ1) is 10.2. The van der Waals surface area contributed by atoms with Crippen LogP contribution < -0.4 is 0 Å². The van der Waals surface area contributed by atoms with Crippen LogP contribution in [0, 0.1) is 0 Å². The molecule has 3 rings (SSSR count). The van der Waals surface area contributed by atoms with Gasteiger partial charge in [-0.05, 0) is 24.3 Å². The highest BCUT2D eigenvalue weighted by atomic mass is 35.5. The van der Waals surface area contributed by atoms with Crippen molar-refractivity contribution in [3.05, 3.63) is 33.9 Å². The maximum absolute atomic E-state index is 5.94. The molecule has 0 unspecified atom stereocenters. The Hall–Kier alpha value is -1.33. The highest BCUT2D eigenvalue weighted by Crippen LogP contribution is 2.22. The third-order valence-electron chi connectivity index (χ3n) is 3.69. The van der Waals surface area contributed by atoms with E-state index >= 15 is 0 Å². The van der Waals surface area contributed by atoms with Crippen LogP contribution in [0.1, 0.15) is 23.3 Å². The molecule has 0 aliphatic rings. The predicted molar refractivity (Wildman–Crippen MR) is 88.3 cm³/mol. The second-order valence-electron chi connectivity index (χ2n) is 5.04. The Balaban J connectivity index is 2.00. The summed E-state index contributed by atoms with van der Waals surface area (Å²) in [5.74, 6) is 1.66. The maximum Gasteiger partial charge on any atom is 0.158 e.